The number of Topliss-reactive ketones (excluding diaryl/α,β-unsaturated/α-hetero) is 1. The molecule has 1 fully saturated rings. The molecular formula is C24H34N2O6. The van der Waals surface area contributed by atoms with Gasteiger partial charge in [0, 0.05) is 38.5 Å². The number of rotatable bonds is 11. The second-order valence-electron chi connectivity index (χ2n) is 7.95. The summed E-state index contributed by atoms with van der Waals surface area (Å²) < 4.78 is 10.5. The second kappa shape index (κ2) is 12.8. The molecule has 8 heteroatoms. The molecule has 1 saturated heterocycles. The minimum atomic E-state index is -0.254. The summed E-state index contributed by atoms with van der Waals surface area (Å²) in [5, 5.41) is 0. The third kappa shape index (κ3) is 7.66. The number of piperidine rings is 1. The molecule has 0 spiro atoms. The minimum absolute atomic E-state index is 0.0411. The van der Waals surface area contributed by atoms with Gasteiger partial charge in [-0.2, -0.15) is 0 Å². The van der Waals surface area contributed by atoms with E-state index >= 15 is 0 Å². The van der Waals surface area contributed by atoms with Crippen molar-refractivity contribution in [2.45, 2.75) is 46.0 Å². The Kier molecular flexibility index (Phi) is 10.2. The Hall–Kier alpha value is -2.90. The molecule has 8 nitrogen and oxygen atoms in total. The van der Waals surface area contributed by atoms with Crippen molar-refractivity contribution in [3.05, 3.63) is 29.8 Å². The van der Waals surface area contributed by atoms with E-state index in [0.717, 1.165) is 6.42 Å². The zero-order valence-electron chi connectivity index (χ0n) is 19.3. The van der Waals surface area contributed by atoms with Crippen molar-refractivity contribution in [1.82, 2.24) is 9.80 Å². The maximum Gasteiger partial charge on any atom is 0.309 e. The molecule has 0 atom stereocenters. The van der Waals surface area contributed by atoms with Gasteiger partial charge in [0.05, 0.1) is 25.7 Å². The number of benzene rings is 1. The van der Waals surface area contributed by atoms with Crippen LogP contribution in [0, 0.1) is 5.92 Å². The van der Waals surface area contributed by atoms with Crippen molar-refractivity contribution in [2.75, 3.05) is 39.9 Å². The molecule has 0 radical (unpaired) electrons. The highest BCUT2D eigenvalue weighted by Crippen LogP contribution is 2.19. The zero-order chi connectivity index (χ0) is 23.5. The number of ether oxygens (including phenoxy) is 2. The molecule has 1 aromatic carbocycles. The lowest BCUT2D eigenvalue weighted by molar-refractivity contribution is -0.151. The largest absolute Gasteiger partial charge is 0.494 e. The van der Waals surface area contributed by atoms with Crippen molar-refractivity contribution in [1.29, 1.82) is 0 Å². The maximum atomic E-state index is 12.5. The van der Waals surface area contributed by atoms with Gasteiger partial charge >= 0.3 is 5.97 Å². The van der Waals surface area contributed by atoms with Crippen LogP contribution in [0.1, 0.15) is 56.3 Å². The van der Waals surface area contributed by atoms with Gasteiger partial charge in [0.15, 0.2) is 5.78 Å². The number of likely N-dealkylation sites (N-methyl/N-ethyl adjacent to an activating group) is 1. The molecule has 2 amide bonds. The number of hydrogen-bond acceptors (Lipinski definition) is 6. The van der Waals surface area contributed by atoms with Crippen LogP contribution in [0.5, 0.6) is 5.75 Å². The number of carbonyl (C=O) groups is 4. The predicted molar refractivity (Wildman–Crippen MR) is 119 cm³/mol. The third-order valence-electron chi connectivity index (χ3n) is 5.48. The first-order chi connectivity index (χ1) is 15.3. The molecule has 2 rings (SSSR count). The lowest BCUT2D eigenvalue weighted by Crippen LogP contribution is -2.45. The predicted octanol–water partition coefficient (Wildman–Crippen LogP) is 2.70. The number of esters is 1. The Morgan fingerprint density at radius 2 is 1.69 bits per heavy atom. The highest BCUT2D eigenvalue weighted by molar-refractivity contribution is 5.98. The van der Waals surface area contributed by atoms with Crippen LogP contribution in [0.4, 0.5) is 0 Å². The van der Waals surface area contributed by atoms with Crippen molar-refractivity contribution < 1.29 is 28.7 Å². The van der Waals surface area contributed by atoms with Crippen LogP contribution in [-0.2, 0) is 19.1 Å². The molecule has 0 N–H and O–H groups in total. The monoisotopic (exact) mass is 446 g/mol. The molecule has 0 aliphatic carbocycles. The molecule has 0 unspecified atom stereocenters. The van der Waals surface area contributed by atoms with Crippen LogP contribution in [-0.4, -0.2) is 73.3 Å². The number of amides is 2. The third-order valence-corrected chi connectivity index (χ3v) is 5.48. The smallest absolute Gasteiger partial charge is 0.309 e. The number of nitrogens with zero attached hydrogens (tertiary/aromatic N) is 2. The van der Waals surface area contributed by atoms with E-state index < -0.39 is 0 Å². The lowest BCUT2D eigenvalue weighted by atomic mass is 9.97. The first kappa shape index (κ1) is 25.4. The fourth-order valence-corrected chi connectivity index (χ4v) is 3.53. The van der Waals surface area contributed by atoms with Gasteiger partial charge in [-0.15, -0.1) is 0 Å². The van der Waals surface area contributed by atoms with Gasteiger partial charge in [0.25, 0.3) is 0 Å². The Labute approximate surface area is 189 Å². The minimum Gasteiger partial charge on any atom is -0.494 e. The van der Waals surface area contributed by atoms with Gasteiger partial charge in [-0.3, -0.25) is 19.2 Å². The van der Waals surface area contributed by atoms with Gasteiger partial charge < -0.3 is 19.3 Å². The summed E-state index contributed by atoms with van der Waals surface area (Å²) in [6.45, 7) is 5.67. The van der Waals surface area contributed by atoms with E-state index in [4.69, 9.17) is 9.47 Å². The van der Waals surface area contributed by atoms with E-state index in [9.17, 15) is 19.2 Å². The van der Waals surface area contributed by atoms with Gasteiger partial charge in [0.2, 0.25) is 11.8 Å². The van der Waals surface area contributed by atoms with Gasteiger partial charge in [-0.05, 0) is 50.5 Å². The number of hydrogen-bond donors (Lipinski definition) is 0. The molecule has 176 valence electrons. The molecule has 0 saturated carbocycles. The van der Waals surface area contributed by atoms with Crippen molar-refractivity contribution >= 4 is 23.6 Å². The maximum absolute atomic E-state index is 12.5. The van der Waals surface area contributed by atoms with Crippen LogP contribution < -0.4 is 4.74 Å². The quantitative estimate of drug-likeness (QED) is 0.383. The van der Waals surface area contributed by atoms with Crippen LogP contribution in [0.15, 0.2) is 24.3 Å². The standard InChI is InChI=1S/C24H34N2O6/c1-4-16-32-20-8-6-18(7-9-20)21(27)10-11-22(28)25(3)17-23(29)26-14-12-19(13-15-26)24(30)31-5-2/h6-9,19H,4-5,10-17H2,1-3H3. The Balaban J connectivity index is 1.74. The van der Waals surface area contributed by atoms with Crippen LogP contribution in [0.3, 0.4) is 0 Å². The van der Waals surface area contributed by atoms with E-state index in [-0.39, 0.29) is 48.9 Å². The Morgan fingerprint density at radius 1 is 1.03 bits per heavy atom. The number of ketones is 1. The van der Waals surface area contributed by atoms with Gasteiger partial charge in [-0.1, -0.05) is 6.92 Å². The van der Waals surface area contributed by atoms with Crippen molar-refractivity contribution in [3.8, 4) is 5.75 Å². The van der Waals surface area contributed by atoms with E-state index in [1.807, 2.05) is 6.92 Å². The topological polar surface area (TPSA) is 93.2 Å². The van der Waals surface area contributed by atoms with Gasteiger partial charge in [-0.25, -0.2) is 0 Å². The summed E-state index contributed by atoms with van der Waals surface area (Å²) in [7, 11) is 1.57. The van der Waals surface area contributed by atoms with Gasteiger partial charge in [0.1, 0.15) is 5.75 Å². The molecule has 32 heavy (non-hydrogen) atoms. The normalized spacial score (nSPS) is 14.0. The highest BCUT2D eigenvalue weighted by atomic mass is 16.5. The Bertz CT molecular complexity index is 784. The summed E-state index contributed by atoms with van der Waals surface area (Å²) in [6.07, 6.45) is 2.17. The van der Waals surface area contributed by atoms with Crippen molar-refractivity contribution in [3.63, 3.8) is 0 Å². The molecule has 1 aliphatic rings. The Morgan fingerprint density at radius 3 is 2.28 bits per heavy atom. The fraction of sp³-hybridized carbons (Fsp3) is 0.583. The molecule has 0 aromatic heterocycles. The lowest BCUT2D eigenvalue weighted by Gasteiger charge is -2.32. The number of carbonyl (C=O) groups excluding carboxylic acids is 4. The van der Waals surface area contributed by atoms with E-state index in [1.54, 1.807) is 43.1 Å². The summed E-state index contributed by atoms with van der Waals surface area (Å²) in [5.41, 5.74) is 0.532. The van der Waals surface area contributed by atoms with E-state index in [2.05, 4.69) is 0 Å². The number of likely N-dealkylation sites (tertiary alicyclic amines) is 1. The molecule has 1 heterocycles. The summed E-state index contributed by atoms with van der Waals surface area (Å²) >= 11 is 0. The van der Waals surface area contributed by atoms with Crippen LogP contribution >= 0.6 is 0 Å². The second-order valence-corrected chi connectivity index (χ2v) is 7.95. The molecule has 1 aromatic rings. The first-order valence-corrected chi connectivity index (χ1v) is 11.3. The molecular weight excluding hydrogens is 412 g/mol. The molecule has 0 bridgehead atoms. The first-order valence-electron chi connectivity index (χ1n) is 11.3. The molecule has 1 aliphatic heterocycles. The summed E-state index contributed by atoms with van der Waals surface area (Å²) in [4.78, 5) is 52.1. The van der Waals surface area contributed by atoms with Crippen LogP contribution in [0.25, 0.3) is 0 Å². The average molecular weight is 447 g/mol. The average Bonchev–Trinajstić information content (AvgIpc) is 2.81. The SMILES string of the molecule is CCCOc1ccc(C(=O)CCC(=O)N(C)CC(=O)N2CCC(C(=O)OCC)CC2)cc1. The fourth-order valence-electron chi connectivity index (χ4n) is 3.53. The van der Waals surface area contributed by atoms with E-state index in [0.29, 0.717) is 50.5 Å². The van der Waals surface area contributed by atoms with Crippen LogP contribution in [0.2, 0.25) is 0 Å². The van der Waals surface area contributed by atoms with Crippen molar-refractivity contribution in [2.24, 2.45) is 5.92 Å². The highest BCUT2D eigenvalue weighted by Gasteiger charge is 2.29. The summed E-state index contributed by atoms with van der Waals surface area (Å²) in [6, 6.07) is 6.90. The summed E-state index contributed by atoms with van der Waals surface area (Å²) in [5.74, 6) is -0.199. The zero-order valence-corrected chi connectivity index (χ0v) is 19.3. The van der Waals surface area contributed by atoms with E-state index in [1.165, 1.54) is 4.90 Å².